The first-order chi connectivity index (χ1) is 11.9. The maximum Gasteiger partial charge on any atom is 0.435 e. The molecule has 3 rings (SSSR count). The number of hydrogen-bond donors (Lipinski definition) is 1. The van der Waals surface area contributed by atoms with Crippen molar-refractivity contribution in [1.82, 2.24) is 15.1 Å². The van der Waals surface area contributed by atoms with Gasteiger partial charge in [-0.05, 0) is 25.0 Å². The zero-order valence-corrected chi connectivity index (χ0v) is 14.1. The lowest BCUT2D eigenvalue weighted by Crippen LogP contribution is -2.40. The van der Waals surface area contributed by atoms with Crippen molar-refractivity contribution < 1.29 is 13.2 Å². The number of alkyl halides is 3. The lowest BCUT2D eigenvalue weighted by atomic mass is 10.2. The number of fused-ring (bicyclic) bond motifs is 1. The molecule has 0 amide bonds. The monoisotopic (exact) mass is 351 g/mol. The van der Waals surface area contributed by atoms with Crippen LogP contribution >= 0.6 is 0 Å². The fourth-order valence-electron chi connectivity index (χ4n) is 3.01. The molecule has 2 heterocycles. The Morgan fingerprint density at radius 1 is 1.32 bits per heavy atom. The Hall–Kier alpha value is -2.51. The zero-order chi connectivity index (χ0) is 18.0. The third-order valence-corrected chi connectivity index (χ3v) is 4.05. The number of hydrogen-bond acceptors (Lipinski definition) is 2. The summed E-state index contributed by atoms with van der Waals surface area (Å²) in [6, 6.07) is 7.99. The summed E-state index contributed by atoms with van der Waals surface area (Å²) in [7, 11) is 1.48. The summed E-state index contributed by atoms with van der Waals surface area (Å²) in [4.78, 5) is 6.45. The van der Waals surface area contributed by atoms with Crippen LogP contribution in [0, 0.1) is 0 Å². The molecule has 1 aliphatic rings. The lowest BCUT2D eigenvalue weighted by molar-refractivity contribution is -0.142. The van der Waals surface area contributed by atoms with E-state index in [4.69, 9.17) is 0 Å². The number of anilines is 1. The number of aliphatic imine (C=N–C) groups is 1. The summed E-state index contributed by atoms with van der Waals surface area (Å²) in [5.74, 6) is 0.587. The molecule has 134 valence electrons. The Kier molecular flexibility index (Phi) is 4.69. The maximum atomic E-state index is 13.1. The van der Waals surface area contributed by atoms with E-state index in [1.165, 1.54) is 23.5 Å². The molecule has 0 spiro atoms. The number of rotatable bonds is 3. The van der Waals surface area contributed by atoms with Crippen LogP contribution in [0.15, 0.2) is 35.5 Å². The van der Waals surface area contributed by atoms with Gasteiger partial charge in [-0.1, -0.05) is 18.2 Å². The molecule has 1 aromatic heterocycles. The minimum absolute atomic E-state index is 0.0675. The van der Waals surface area contributed by atoms with E-state index < -0.39 is 11.9 Å². The third kappa shape index (κ3) is 3.62. The molecule has 2 aromatic rings. The summed E-state index contributed by atoms with van der Waals surface area (Å²) in [5, 5.41) is 6.70. The molecule has 1 aromatic carbocycles. The minimum atomic E-state index is -4.48. The molecule has 0 aliphatic carbocycles. The Balaban J connectivity index is 1.88. The number of aromatic nitrogens is 2. The van der Waals surface area contributed by atoms with Gasteiger partial charge in [0.25, 0.3) is 0 Å². The summed E-state index contributed by atoms with van der Waals surface area (Å²) >= 11 is 0. The zero-order valence-electron chi connectivity index (χ0n) is 14.1. The van der Waals surface area contributed by atoms with Crippen LogP contribution in [0.1, 0.15) is 23.7 Å². The number of halogens is 3. The molecule has 0 radical (unpaired) electrons. The molecule has 0 fully saturated rings. The van der Waals surface area contributed by atoms with Gasteiger partial charge in [0, 0.05) is 37.6 Å². The molecule has 0 bridgehead atoms. The van der Waals surface area contributed by atoms with Crippen molar-refractivity contribution >= 4 is 11.6 Å². The van der Waals surface area contributed by atoms with Crippen LogP contribution in [-0.2, 0) is 26.2 Å². The Morgan fingerprint density at radius 3 is 2.80 bits per heavy atom. The van der Waals surface area contributed by atoms with Gasteiger partial charge in [0.1, 0.15) is 0 Å². The molecule has 5 nitrogen and oxygen atoms in total. The van der Waals surface area contributed by atoms with Crippen LogP contribution in [-0.4, -0.2) is 28.8 Å². The molecule has 1 N–H and O–H groups in total. The Labute approximate surface area is 144 Å². The average Bonchev–Trinajstić information content (AvgIpc) is 3.14. The van der Waals surface area contributed by atoms with Gasteiger partial charge in [-0.3, -0.25) is 4.68 Å². The molecule has 0 unspecified atom stereocenters. The maximum absolute atomic E-state index is 13.1. The second-order valence-corrected chi connectivity index (χ2v) is 5.87. The smallest absolute Gasteiger partial charge is 0.356 e. The van der Waals surface area contributed by atoms with Gasteiger partial charge in [-0.15, -0.1) is 0 Å². The first kappa shape index (κ1) is 17.3. The summed E-state index contributed by atoms with van der Waals surface area (Å²) in [6.45, 7) is 3.24. The Morgan fingerprint density at radius 2 is 2.08 bits per heavy atom. The van der Waals surface area contributed by atoms with E-state index in [1.54, 1.807) is 0 Å². The molecule has 0 saturated heterocycles. The van der Waals surface area contributed by atoms with Gasteiger partial charge < -0.3 is 10.2 Å². The number of para-hydroxylation sites is 1. The van der Waals surface area contributed by atoms with E-state index in [0.717, 1.165) is 18.7 Å². The van der Waals surface area contributed by atoms with Crippen LogP contribution in [0.25, 0.3) is 0 Å². The van der Waals surface area contributed by atoms with E-state index in [-0.39, 0.29) is 12.1 Å². The number of guanidine groups is 1. The van der Waals surface area contributed by atoms with Gasteiger partial charge in [0.05, 0.1) is 6.54 Å². The van der Waals surface area contributed by atoms with Crippen LogP contribution in [0.2, 0.25) is 0 Å². The van der Waals surface area contributed by atoms with E-state index in [2.05, 4.69) is 21.5 Å². The summed E-state index contributed by atoms with van der Waals surface area (Å²) in [5.41, 5.74) is 1.45. The Bertz CT molecular complexity index is 779. The molecular weight excluding hydrogens is 331 g/mol. The molecule has 8 heteroatoms. The van der Waals surface area contributed by atoms with Gasteiger partial charge in [-0.2, -0.15) is 18.3 Å². The van der Waals surface area contributed by atoms with E-state index in [9.17, 15) is 13.2 Å². The van der Waals surface area contributed by atoms with E-state index >= 15 is 0 Å². The van der Waals surface area contributed by atoms with Crippen molar-refractivity contribution in [2.75, 3.05) is 18.0 Å². The molecule has 0 saturated carbocycles. The normalized spacial score (nSPS) is 14.8. The first-order valence-corrected chi connectivity index (χ1v) is 8.13. The number of nitrogens with zero attached hydrogens (tertiary/aromatic N) is 4. The van der Waals surface area contributed by atoms with Crippen molar-refractivity contribution in [3.63, 3.8) is 0 Å². The van der Waals surface area contributed by atoms with Crippen molar-refractivity contribution in [2.45, 2.75) is 26.1 Å². The van der Waals surface area contributed by atoms with E-state index in [1.807, 2.05) is 30.0 Å². The first-order valence-electron chi connectivity index (χ1n) is 8.13. The quantitative estimate of drug-likeness (QED) is 0.683. The third-order valence-electron chi connectivity index (χ3n) is 4.05. The highest BCUT2D eigenvalue weighted by Crippen LogP contribution is 2.31. The number of aryl methyl sites for hydroxylation is 1. The summed E-state index contributed by atoms with van der Waals surface area (Å²) in [6.07, 6.45) is -2.22. The highest BCUT2D eigenvalue weighted by molar-refractivity contribution is 5.97. The standard InChI is InChI=1S/C17H20F3N5/c1-3-21-16(25-9-8-12-6-4-5-7-14(12)25)22-10-13-11-24(2)23-15(13)17(18,19)20/h4-7,11H,3,8-10H2,1-2H3,(H,21,22). The predicted molar refractivity (Wildman–Crippen MR) is 90.5 cm³/mol. The molecule has 0 atom stereocenters. The number of nitrogens with one attached hydrogen (secondary N) is 1. The highest BCUT2D eigenvalue weighted by Gasteiger charge is 2.36. The van der Waals surface area contributed by atoms with Crippen molar-refractivity contribution in [1.29, 1.82) is 0 Å². The summed E-state index contributed by atoms with van der Waals surface area (Å²) < 4.78 is 40.4. The number of benzene rings is 1. The fraction of sp³-hybridized carbons (Fsp3) is 0.412. The molecule has 1 aliphatic heterocycles. The largest absolute Gasteiger partial charge is 0.435 e. The average molecular weight is 351 g/mol. The molecule has 25 heavy (non-hydrogen) atoms. The van der Waals surface area contributed by atoms with Crippen LogP contribution in [0.4, 0.5) is 18.9 Å². The minimum Gasteiger partial charge on any atom is -0.356 e. The topological polar surface area (TPSA) is 45.5 Å². The van der Waals surface area contributed by atoms with Gasteiger partial charge in [-0.25, -0.2) is 4.99 Å². The molecular formula is C17H20F3N5. The van der Waals surface area contributed by atoms with Gasteiger partial charge in [0.15, 0.2) is 11.7 Å². The second kappa shape index (κ2) is 6.78. The SMILES string of the molecule is CCNC(=NCc1cn(C)nc1C(F)(F)F)N1CCc2ccccc21. The van der Waals surface area contributed by atoms with Crippen LogP contribution in [0.3, 0.4) is 0 Å². The van der Waals surface area contributed by atoms with Crippen molar-refractivity contribution in [2.24, 2.45) is 12.0 Å². The van der Waals surface area contributed by atoms with E-state index in [0.29, 0.717) is 12.5 Å². The lowest BCUT2D eigenvalue weighted by Gasteiger charge is -2.22. The predicted octanol–water partition coefficient (Wildman–Crippen LogP) is 2.97. The van der Waals surface area contributed by atoms with Crippen LogP contribution in [0.5, 0.6) is 0 Å². The van der Waals surface area contributed by atoms with Crippen LogP contribution < -0.4 is 10.2 Å². The van der Waals surface area contributed by atoms with Crippen molar-refractivity contribution in [3.8, 4) is 0 Å². The van der Waals surface area contributed by atoms with Gasteiger partial charge in [0.2, 0.25) is 0 Å². The fourth-order valence-corrected chi connectivity index (χ4v) is 3.01. The van der Waals surface area contributed by atoms with Gasteiger partial charge >= 0.3 is 6.18 Å². The van der Waals surface area contributed by atoms with Crippen molar-refractivity contribution in [3.05, 3.63) is 47.3 Å². The highest BCUT2D eigenvalue weighted by atomic mass is 19.4. The second-order valence-electron chi connectivity index (χ2n) is 5.87.